The molecule has 29 heavy (non-hydrogen) atoms. The highest BCUT2D eigenvalue weighted by Crippen LogP contribution is 2.61. The van der Waals surface area contributed by atoms with E-state index in [-0.39, 0.29) is 11.9 Å². The van der Waals surface area contributed by atoms with E-state index in [1.165, 1.54) is 38.5 Å². The van der Waals surface area contributed by atoms with E-state index in [0.29, 0.717) is 17.8 Å². The Bertz CT molecular complexity index is 874. The summed E-state index contributed by atoms with van der Waals surface area (Å²) < 4.78 is 7.64. The molecule has 0 spiro atoms. The number of hydrogen-bond donors (Lipinski definition) is 1. The first-order valence-electron chi connectivity index (χ1n) is 11.0. The van der Waals surface area contributed by atoms with Gasteiger partial charge in [-0.05, 0) is 93.7 Å². The molecular weight excluding hydrogens is 400 g/mol. The summed E-state index contributed by atoms with van der Waals surface area (Å²) in [5.41, 5.74) is 1.34. The van der Waals surface area contributed by atoms with E-state index in [2.05, 4.69) is 17.2 Å². The number of aromatic nitrogens is 1. The van der Waals surface area contributed by atoms with Gasteiger partial charge < -0.3 is 10.1 Å². The Hall–Kier alpha value is -1.27. The molecule has 4 aliphatic rings. The van der Waals surface area contributed by atoms with Gasteiger partial charge in [0.25, 0.3) is 0 Å². The average molecular weight is 431 g/mol. The third-order valence-electron chi connectivity index (χ3n) is 7.36. The first kappa shape index (κ1) is 19.7. The van der Waals surface area contributed by atoms with Crippen molar-refractivity contribution >= 4 is 39.2 Å². The van der Waals surface area contributed by atoms with Crippen LogP contribution in [-0.4, -0.2) is 29.3 Å². The molecule has 1 atom stereocenters. The van der Waals surface area contributed by atoms with Gasteiger partial charge in [-0.1, -0.05) is 11.8 Å². The van der Waals surface area contributed by atoms with Gasteiger partial charge in [0, 0.05) is 6.04 Å². The number of carbonyl (C=O) groups is 1. The quantitative estimate of drug-likeness (QED) is 0.589. The molecule has 6 heteroatoms. The van der Waals surface area contributed by atoms with Crippen molar-refractivity contribution < 1.29 is 9.53 Å². The van der Waals surface area contributed by atoms with Crippen molar-refractivity contribution in [2.24, 2.45) is 23.2 Å². The van der Waals surface area contributed by atoms with Gasteiger partial charge >= 0.3 is 0 Å². The number of hydrogen-bond acceptors (Lipinski definition) is 5. The van der Waals surface area contributed by atoms with Crippen LogP contribution in [0.5, 0.6) is 5.75 Å². The molecule has 1 aromatic heterocycles. The van der Waals surface area contributed by atoms with Crippen LogP contribution < -0.4 is 10.1 Å². The number of thiazole rings is 1. The lowest BCUT2D eigenvalue weighted by Gasteiger charge is -2.59. The Balaban J connectivity index is 1.19. The van der Waals surface area contributed by atoms with Crippen LogP contribution in [0, 0.1) is 23.2 Å². The van der Waals surface area contributed by atoms with Crippen molar-refractivity contribution in [3.8, 4) is 5.75 Å². The third-order valence-corrected chi connectivity index (χ3v) is 9.52. The summed E-state index contributed by atoms with van der Waals surface area (Å²) in [5.74, 6) is 4.21. The molecule has 1 amide bonds. The molecular formula is C23H30N2O2S2. The fourth-order valence-electron chi connectivity index (χ4n) is 6.47. The number of amides is 1. The standard InChI is InChI=1S/C23H30N2O2S2/c1-3-27-18-4-5-19-20(9-18)29-22(25-19)28-13-21(26)24-14(2)23-10-15-6-16(11-23)8-17(7-15)12-23/h4-5,9,14-17H,3,6-8,10-13H2,1-2H3,(H,24,26). The van der Waals surface area contributed by atoms with E-state index < -0.39 is 0 Å². The number of carbonyl (C=O) groups excluding carboxylic acids is 1. The Labute approximate surface area is 181 Å². The molecule has 4 saturated carbocycles. The van der Waals surface area contributed by atoms with Gasteiger partial charge in [-0.3, -0.25) is 4.79 Å². The first-order chi connectivity index (χ1) is 14.0. The summed E-state index contributed by atoms with van der Waals surface area (Å²) in [6.45, 7) is 4.90. The fraction of sp³-hybridized carbons (Fsp3) is 0.652. The predicted molar refractivity (Wildman–Crippen MR) is 120 cm³/mol. The van der Waals surface area contributed by atoms with Crippen LogP contribution in [0.1, 0.15) is 52.4 Å². The second-order valence-corrected chi connectivity index (χ2v) is 11.7. The molecule has 1 aromatic carbocycles. The lowest BCUT2D eigenvalue weighted by Crippen LogP contribution is -2.56. The SMILES string of the molecule is CCOc1ccc2nc(SCC(=O)NC(C)C34CC5CC(CC(C5)C3)C4)sc2c1. The topological polar surface area (TPSA) is 51.2 Å². The Kier molecular flexibility index (Phi) is 5.27. The predicted octanol–water partition coefficient (Wildman–Crippen LogP) is 5.51. The molecule has 1 unspecified atom stereocenters. The van der Waals surface area contributed by atoms with Gasteiger partial charge in [-0.15, -0.1) is 11.3 Å². The number of fused-ring (bicyclic) bond motifs is 1. The van der Waals surface area contributed by atoms with Gasteiger partial charge in [0.05, 0.1) is 22.6 Å². The van der Waals surface area contributed by atoms with E-state index >= 15 is 0 Å². The molecule has 0 aliphatic heterocycles. The Morgan fingerprint density at radius 2 is 1.97 bits per heavy atom. The molecule has 0 radical (unpaired) electrons. The maximum atomic E-state index is 12.7. The lowest BCUT2D eigenvalue weighted by molar-refractivity contribution is -0.123. The maximum absolute atomic E-state index is 12.7. The van der Waals surface area contributed by atoms with Crippen molar-refractivity contribution in [2.45, 2.75) is 62.8 Å². The van der Waals surface area contributed by atoms with Crippen LogP contribution in [0.4, 0.5) is 0 Å². The second kappa shape index (κ2) is 7.77. The fourth-order valence-corrected chi connectivity index (χ4v) is 8.38. The molecule has 1 heterocycles. The van der Waals surface area contributed by atoms with Crippen LogP contribution in [0.2, 0.25) is 0 Å². The van der Waals surface area contributed by atoms with Crippen molar-refractivity contribution in [1.29, 1.82) is 0 Å². The summed E-state index contributed by atoms with van der Waals surface area (Å²) in [7, 11) is 0. The number of ether oxygens (including phenoxy) is 1. The third kappa shape index (κ3) is 3.90. The number of benzene rings is 1. The first-order valence-corrected chi connectivity index (χ1v) is 12.8. The van der Waals surface area contributed by atoms with Crippen molar-refractivity contribution in [2.75, 3.05) is 12.4 Å². The van der Waals surface area contributed by atoms with E-state index in [0.717, 1.165) is 38.1 Å². The highest BCUT2D eigenvalue weighted by Gasteiger charge is 2.53. The largest absolute Gasteiger partial charge is 0.494 e. The zero-order valence-electron chi connectivity index (χ0n) is 17.3. The van der Waals surface area contributed by atoms with Crippen molar-refractivity contribution in [3.63, 3.8) is 0 Å². The Morgan fingerprint density at radius 3 is 2.62 bits per heavy atom. The van der Waals surface area contributed by atoms with E-state index in [1.54, 1.807) is 23.1 Å². The molecule has 156 valence electrons. The van der Waals surface area contributed by atoms with Gasteiger partial charge in [0.1, 0.15) is 5.75 Å². The van der Waals surface area contributed by atoms with Crippen molar-refractivity contribution in [1.82, 2.24) is 10.3 Å². The number of nitrogens with one attached hydrogen (secondary N) is 1. The highest BCUT2D eigenvalue weighted by molar-refractivity contribution is 8.01. The monoisotopic (exact) mass is 430 g/mol. The van der Waals surface area contributed by atoms with Crippen LogP contribution in [0.25, 0.3) is 10.2 Å². The minimum absolute atomic E-state index is 0.146. The Morgan fingerprint density at radius 1 is 1.28 bits per heavy atom. The zero-order valence-corrected chi connectivity index (χ0v) is 18.9. The summed E-state index contributed by atoms with van der Waals surface area (Å²) in [6, 6.07) is 6.28. The molecule has 2 aromatic rings. The van der Waals surface area contributed by atoms with Crippen LogP contribution in [0.15, 0.2) is 22.5 Å². The van der Waals surface area contributed by atoms with Gasteiger partial charge in [-0.25, -0.2) is 4.98 Å². The summed E-state index contributed by atoms with van der Waals surface area (Å²) in [4.78, 5) is 17.4. The molecule has 4 aliphatic carbocycles. The van der Waals surface area contributed by atoms with E-state index in [9.17, 15) is 4.79 Å². The molecule has 6 rings (SSSR count). The van der Waals surface area contributed by atoms with Crippen molar-refractivity contribution in [3.05, 3.63) is 18.2 Å². The molecule has 0 saturated heterocycles. The smallest absolute Gasteiger partial charge is 0.230 e. The molecule has 4 bridgehead atoms. The number of thioether (sulfide) groups is 1. The molecule has 4 fully saturated rings. The second-order valence-electron chi connectivity index (χ2n) is 9.40. The van der Waals surface area contributed by atoms with Gasteiger partial charge in [0.15, 0.2) is 4.34 Å². The number of nitrogens with zero attached hydrogens (tertiary/aromatic N) is 1. The maximum Gasteiger partial charge on any atom is 0.230 e. The van der Waals surface area contributed by atoms with Crippen LogP contribution >= 0.6 is 23.1 Å². The average Bonchev–Trinajstić information content (AvgIpc) is 3.08. The summed E-state index contributed by atoms with van der Waals surface area (Å²) in [6.07, 6.45) is 8.31. The molecule has 1 N–H and O–H groups in total. The minimum atomic E-state index is 0.146. The zero-order chi connectivity index (χ0) is 20.0. The van der Waals surface area contributed by atoms with Gasteiger partial charge in [-0.2, -0.15) is 0 Å². The minimum Gasteiger partial charge on any atom is -0.494 e. The summed E-state index contributed by atoms with van der Waals surface area (Å²) >= 11 is 3.18. The summed E-state index contributed by atoms with van der Waals surface area (Å²) in [5, 5.41) is 3.36. The number of rotatable bonds is 7. The van der Waals surface area contributed by atoms with E-state index in [4.69, 9.17) is 4.74 Å². The van der Waals surface area contributed by atoms with Crippen LogP contribution in [-0.2, 0) is 4.79 Å². The molecule has 4 nitrogen and oxygen atoms in total. The lowest BCUT2D eigenvalue weighted by atomic mass is 9.48. The normalized spacial score (nSPS) is 31.2. The van der Waals surface area contributed by atoms with Gasteiger partial charge in [0.2, 0.25) is 5.91 Å². The van der Waals surface area contributed by atoms with E-state index in [1.807, 2.05) is 25.1 Å². The van der Waals surface area contributed by atoms with Crippen LogP contribution in [0.3, 0.4) is 0 Å². The highest BCUT2D eigenvalue weighted by atomic mass is 32.2.